The molecule has 2 heterocycles. The molecule has 6 nitrogen and oxygen atoms in total. The molecule has 4 fully saturated rings. The van der Waals surface area contributed by atoms with E-state index in [4.69, 9.17) is 9.47 Å². The first-order valence-electron chi connectivity index (χ1n) is 16.6. The molecule has 1 aromatic rings. The zero-order valence-electron chi connectivity index (χ0n) is 24.8. The van der Waals surface area contributed by atoms with Crippen LogP contribution >= 0.6 is 0 Å². The first kappa shape index (κ1) is 27.1. The molecule has 1 saturated heterocycles. The second-order valence-corrected chi connectivity index (χ2v) is 14.0. The first-order valence-corrected chi connectivity index (χ1v) is 16.6. The molecule has 2 bridgehead atoms. The standard InChI is InChI=1S/C34H50N2O4/c1-3-36(30(38)12-8-7-11-22-9-5-4-6-10-22)26-15-14-25-27-19-23-13-16-29(39-2)32-31(23)34(25,33(26)40-32)17-18-35(27)21-24-20-28(24)37/h13,16,22,24-28,33,37H,3-12,14-15,17-21H2,1-2H3/t24?,25-,26-,27+,28?,33-,34-/m0/s1. The van der Waals surface area contributed by atoms with Crippen LogP contribution in [-0.2, 0) is 16.6 Å². The second-order valence-electron chi connectivity index (χ2n) is 14.0. The van der Waals surface area contributed by atoms with Gasteiger partial charge in [0.25, 0.3) is 0 Å². The number of carbonyl (C=O) groups excluding carboxylic acids is 1. The van der Waals surface area contributed by atoms with E-state index in [1.54, 1.807) is 7.11 Å². The normalized spacial score (nSPS) is 36.1. The molecule has 3 saturated carbocycles. The number of hydrogen-bond acceptors (Lipinski definition) is 5. The molecule has 2 unspecified atom stereocenters. The van der Waals surface area contributed by atoms with E-state index in [9.17, 15) is 9.90 Å². The maximum Gasteiger partial charge on any atom is 0.222 e. The van der Waals surface area contributed by atoms with Crippen LogP contribution in [0.3, 0.4) is 0 Å². The van der Waals surface area contributed by atoms with Gasteiger partial charge in [-0.2, -0.15) is 0 Å². The van der Waals surface area contributed by atoms with Gasteiger partial charge in [0.1, 0.15) is 6.10 Å². The molecule has 4 aliphatic carbocycles. The van der Waals surface area contributed by atoms with E-state index < -0.39 is 0 Å². The number of ether oxygens (including phenoxy) is 2. The fourth-order valence-electron chi connectivity index (χ4n) is 9.95. The summed E-state index contributed by atoms with van der Waals surface area (Å²) < 4.78 is 12.9. The molecule has 6 aliphatic rings. The predicted octanol–water partition coefficient (Wildman–Crippen LogP) is 5.47. The molecular weight excluding hydrogens is 500 g/mol. The van der Waals surface area contributed by atoms with E-state index in [0.717, 1.165) is 75.6 Å². The summed E-state index contributed by atoms with van der Waals surface area (Å²) in [6, 6.07) is 4.98. The number of piperidine rings is 1. The van der Waals surface area contributed by atoms with Gasteiger partial charge in [0.05, 0.1) is 19.3 Å². The summed E-state index contributed by atoms with van der Waals surface area (Å²) in [7, 11) is 1.75. The topological polar surface area (TPSA) is 62.2 Å². The smallest absolute Gasteiger partial charge is 0.222 e. The molecule has 220 valence electrons. The highest BCUT2D eigenvalue weighted by atomic mass is 16.5. The van der Waals surface area contributed by atoms with Crippen LogP contribution in [0.2, 0.25) is 0 Å². The minimum Gasteiger partial charge on any atom is -0.493 e. The molecule has 0 aromatic heterocycles. The molecular formula is C34H50N2O4. The number of rotatable bonds is 10. The van der Waals surface area contributed by atoms with Crippen LogP contribution < -0.4 is 9.47 Å². The molecule has 2 aliphatic heterocycles. The SMILES string of the molecule is CCN(C(=O)CCCCC1CCCCC1)[C@H]1CC[C@H]2[C@H]3Cc4ccc(OC)c5c4[C@@]2(CCN3CC2CC2O)[C@H]1O5. The van der Waals surface area contributed by atoms with Crippen molar-refractivity contribution >= 4 is 5.91 Å². The Labute approximate surface area is 240 Å². The van der Waals surface area contributed by atoms with E-state index in [2.05, 4.69) is 28.9 Å². The molecule has 7 rings (SSSR count). The predicted molar refractivity (Wildman–Crippen MR) is 156 cm³/mol. The Morgan fingerprint density at radius 3 is 2.75 bits per heavy atom. The number of likely N-dealkylation sites (N-methyl/N-ethyl adjacent to an activating group) is 1. The van der Waals surface area contributed by atoms with Gasteiger partial charge in [-0.3, -0.25) is 9.69 Å². The number of aliphatic hydroxyl groups is 1. The zero-order valence-corrected chi connectivity index (χ0v) is 24.8. The molecule has 6 heteroatoms. The van der Waals surface area contributed by atoms with Crippen molar-refractivity contribution in [3.63, 3.8) is 0 Å². The lowest BCUT2D eigenvalue weighted by Gasteiger charge is -2.60. The highest BCUT2D eigenvalue weighted by Crippen LogP contribution is 2.64. The van der Waals surface area contributed by atoms with E-state index in [1.165, 1.54) is 56.1 Å². The van der Waals surface area contributed by atoms with Gasteiger partial charge in [-0.05, 0) is 75.5 Å². The van der Waals surface area contributed by atoms with E-state index in [1.807, 2.05) is 0 Å². The Kier molecular flexibility index (Phi) is 7.31. The Morgan fingerprint density at radius 2 is 2.00 bits per heavy atom. The van der Waals surface area contributed by atoms with Crippen molar-refractivity contribution in [3.8, 4) is 11.5 Å². The van der Waals surface area contributed by atoms with Crippen molar-refractivity contribution < 1.29 is 19.4 Å². The minimum atomic E-state index is -0.104. The number of hydrogen-bond donors (Lipinski definition) is 1. The molecule has 40 heavy (non-hydrogen) atoms. The fourth-order valence-corrected chi connectivity index (χ4v) is 9.95. The maximum atomic E-state index is 13.8. The van der Waals surface area contributed by atoms with E-state index >= 15 is 0 Å². The van der Waals surface area contributed by atoms with Gasteiger partial charge in [-0.25, -0.2) is 0 Å². The van der Waals surface area contributed by atoms with E-state index in [-0.39, 0.29) is 23.7 Å². The van der Waals surface area contributed by atoms with Gasteiger partial charge in [0, 0.05) is 42.4 Å². The average Bonchev–Trinajstić information content (AvgIpc) is 3.55. The number of aliphatic hydroxyl groups excluding tert-OH is 1. The van der Waals surface area contributed by atoms with Crippen molar-refractivity contribution in [2.75, 3.05) is 26.7 Å². The monoisotopic (exact) mass is 550 g/mol. The second kappa shape index (κ2) is 10.8. The van der Waals surface area contributed by atoms with Crippen molar-refractivity contribution in [3.05, 3.63) is 23.3 Å². The zero-order chi connectivity index (χ0) is 27.4. The molecule has 1 N–H and O–H groups in total. The highest BCUT2D eigenvalue weighted by molar-refractivity contribution is 5.77. The summed E-state index contributed by atoms with van der Waals surface area (Å²) >= 11 is 0. The maximum absolute atomic E-state index is 13.8. The lowest BCUT2D eigenvalue weighted by Crippen LogP contribution is -2.69. The molecule has 1 amide bonds. The van der Waals surface area contributed by atoms with Crippen LogP contribution in [0.1, 0.15) is 102 Å². The summed E-state index contributed by atoms with van der Waals surface area (Å²) in [6.45, 7) is 4.98. The summed E-state index contributed by atoms with van der Waals surface area (Å²) in [5.41, 5.74) is 2.78. The number of amides is 1. The Morgan fingerprint density at radius 1 is 1.18 bits per heavy atom. The fraction of sp³-hybridized carbons (Fsp3) is 0.794. The Bertz CT molecular complexity index is 1100. The van der Waals surface area contributed by atoms with Crippen LogP contribution in [0.25, 0.3) is 0 Å². The van der Waals surface area contributed by atoms with Crippen molar-refractivity contribution in [1.29, 1.82) is 0 Å². The Balaban J connectivity index is 1.12. The minimum absolute atomic E-state index is 0.00101. The van der Waals surface area contributed by atoms with Gasteiger partial charge in [-0.15, -0.1) is 0 Å². The highest BCUT2D eigenvalue weighted by Gasteiger charge is 2.66. The van der Waals surface area contributed by atoms with Gasteiger partial charge in [0.2, 0.25) is 5.91 Å². The number of unbranched alkanes of at least 4 members (excludes halogenated alkanes) is 1. The molecule has 0 radical (unpaired) electrons. The van der Waals surface area contributed by atoms with Gasteiger partial charge in [0.15, 0.2) is 11.5 Å². The molecule has 1 aromatic carbocycles. The van der Waals surface area contributed by atoms with Crippen LogP contribution in [-0.4, -0.2) is 71.8 Å². The van der Waals surface area contributed by atoms with Crippen molar-refractivity contribution in [2.24, 2.45) is 17.8 Å². The van der Waals surface area contributed by atoms with Crippen LogP contribution in [0.4, 0.5) is 0 Å². The summed E-state index contributed by atoms with van der Waals surface area (Å²) in [5.74, 6) is 4.00. The van der Waals surface area contributed by atoms with E-state index in [0.29, 0.717) is 30.2 Å². The van der Waals surface area contributed by atoms with Crippen LogP contribution in [0.15, 0.2) is 12.1 Å². The van der Waals surface area contributed by atoms with Crippen LogP contribution in [0, 0.1) is 17.8 Å². The van der Waals surface area contributed by atoms with Gasteiger partial charge >= 0.3 is 0 Å². The third kappa shape index (κ3) is 4.38. The van der Waals surface area contributed by atoms with Gasteiger partial charge in [-0.1, -0.05) is 51.0 Å². The lowest BCUT2D eigenvalue weighted by atomic mass is 9.51. The van der Waals surface area contributed by atoms with Gasteiger partial charge < -0.3 is 19.5 Å². The summed E-state index contributed by atoms with van der Waals surface area (Å²) in [4.78, 5) is 18.7. The van der Waals surface area contributed by atoms with Crippen LogP contribution in [0.5, 0.6) is 11.5 Å². The average molecular weight is 551 g/mol. The summed E-state index contributed by atoms with van der Waals surface area (Å²) in [6.07, 6.45) is 16.3. The quantitative estimate of drug-likeness (QED) is 0.391. The number of nitrogens with zero attached hydrogens (tertiary/aromatic N) is 2. The third-order valence-corrected chi connectivity index (χ3v) is 12.0. The van der Waals surface area contributed by atoms with Crippen molar-refractivity contribution in [2.45, 2.75) is 127 Å². The first-order chi connectivity index (χ1) is 19.5. The number of carbonyl (C=O) groups is 1. The number of methoxy groups -OCH3 is 1. The molecule has 7 atom stereocenters. The summed E-state index contributed by atoms with van der Waals surface area (Å²) in [5, 5.41) is 10.1. The van der Waals surface area contributed by atoms with Crippen molar-refractivity contribution in [1.82, 2.24) is 9.80 Å². The number of likely N-dealkylation sites (tertiary alicyclic amines) is 1. The molecule has 1 spiro atoms. The third-order valence-electron chi connectivity index (χ3n) is 12.0. The Hall–Kier alpha value is -1.79. The number of benzene rings is 1. The lowest BCUT2D eigenvalue weighted by molar-refractivity contribution is -0.142. The largest absolute Gasteiger partial charge is 0.493 e.